The maximum absolute atomic E-state index is 8.89. The van der Waals surface area contributed by atoms with E-state index in [0.29, 0.717) is 6.42 Å². The number of aromatic amines is 1. The van der Waals surface area contributed by atoms with Crippen molar-refractivity contribution in [1.82, 2.24) is 4.98 Å². The number of ether oxygens (including phenoxy) is 1. The Morgan fingerprint density at radius 2 is 2.24 bits per heavy atom. The van der Waals surface area contributed by atoms with E-state index in [1.165, 1.54) is 0 Å². The molecule has 4 nitrogen and oxygen atoms in total. The highest BCUT2D eigenvalue weighted by Gasteiger charge is 2.11. The van der Waals surface area contributed by atoms with Crippen LogP contribution in [-0.2, 0) is 0 Å². The summed E-state index contributed by atoms with van der Waals surface area (Å²) in [5.74, 6) is 0.810. The van der Waals surface area contributed by atoms with Gasteiger partial charge in [-0.1, -0.05) is 0 Å². The number of aliphatic hydroxyl groups is 1. The average Bonchev–Trinajstić information content (AvgIpc) is 2.71. The average molecular weight is 257 g/mol. The summed E-state index contributed by atoms with van der Waals surface area (Å²) < 4.78 is 5.18. The monoisotopic (exact) mass is 256 g/mol. The van der Waals surface area contributed by atoms with Crippen LogP contribution in [0.5, 0.6) is 5.75 Å². The fraction of sp³-hybridized carbons (Fsp3) is 0.333. The largest absolute Gasteiger partial charge is 0.497 e. The van der Waals surface area contributed by atoms with Crippen LogP contribution in [0.1, 0.15) is 18.0 Å². The molecule has 17 heavy (non-hydrogen) atoms. The lowest BCUT2D eigenvalue weighted by atomic mass is 10.0. The van der Waals surface area contributed by atoms with E-state index in [-0.39, 0.29) is 25.1 Å². The van der Waals surface area contributed by atoms with Crippen LogP contribution in [0.15, 0.2) is 24.4 Å². The molecule has 0 aliphatic carbocycles. The van der Waals surface area contributed by atoms with E-state index in [0.717, 1.165) is 22.2 Å². The Labute approximate surface area is 106 Å². The topological polar surface area (TPSA) is 71.3 Å². The molecule has 0 aliphatic heterocycles. The Morgan fingerprint density at radius 3 is 2.88 bits per heavy atom. The van der Waals surface area contributed by atoms with Crippen LogP contribution in [0.25, 0.3) is 10.9 Å². The van der Waals surface area contributed by atoms with Crippen molar-refractivity contribution < 1.29 is 9.84 Å². The molecule has 5 heteroatoms. The van der Waals surface area contributed by atoms with Gasteiger partial charge in [0.2, 0.25) is 0 Å². The molecule has 1 heterocycles. The summed E-state index contributed by atoms with van der Waals surface area (Å²) in [6.45, 7) is 0.0950. The lowest BCUT2D eigenvalue weighted by molar-refractivity contribution is 0.277. The zero-order valence-corrected chi connectivity index (χ0v) is 10.5. The Kier molecular flexibility index (Phi) is 4.81. The Morgan fingerprint density at radius 1 is 1.47 bits per heavy atom. The second-order valence-corrected chi connectivity index (χ2v) is 3.77. The minimum atomic E-state index is -0.147. The molecule has 0 spiro atoms. The Hall–Kier alpha value is -1.23. The van der Waals surface area contributed by atoms with E-state index in [9.17, 15) is 0 Å². The van der Waals surface area contributed by atoms with Crippen LogP contribution in [0.4, 0.5) is 0 Å². The van der Waals surface area contributed by atoms with E-state index in [1.807, 2.05) is 24.4 Å². The predicted molar refractivity (Wildman–Crippen MR) is 70.7 cm³/mol. The molecule has 0 amide bonds. The number of aliphatic hydroxyl groups excluding tert-OH is 1. The Bertz CT molecular complexity index is 484. The van der Waals surface area contributed by atoms with Gasteiger partial charge < -0.3 is 20.6 Å². The van der Waals surface area contributed by atoms with Gasteiger partial charge in [-0.3, -0.25) is 0 Å². The first kappa shape index (κ1) is 13.8. The van der Waals surface area contributed by atoms with Crippen molar-refractivity contribution in [2.75, 3.05) is 13.7 Å². The van der Waals surface area contributed by atoms with Crippen molar-refractivity contribution in [3.05, 3.63) is 30.0 Å². The van der Waals surface area contributed by atoms with Crippen LogP contribution in [0.3, 0.4) is 0 Å². The highest BCUT2D eigenvalue weighted by atomic mass is 35.5. The number of hydrogen-bond donors (Lipinski definition) is 3. The van der Waals surface area contributed by atoms with E-state index in [1.54, 1.807) is 7.11 Å². The van der Waals surface area contributed by atoms with Crippen LogP contribution in [0, 0.1) is 0 Å². The molecule has 1 aromatic heterocycles. The lowest BCUT2D eigenvalue weighted by Crippen LogP contribution is -2.11. The summed E-state index contributed by atoms with van der Waals surface area (Å²) in [6, 6.07) is 5.67. The van der Waals surface area contributed by atoms with Crippen molar-refractivity contribution in [3.8, 4) is 5.75 Å². The molecule has 4 N–H and O–H groups in total. The SMILES string of the molecule is COc1ccc2[nH]cc([C@@H](N)CCO)c2c1.Cl. The molecule has 2 rings (SSSR count). The molecule has 1 atom stereocenters. The standard InChI is InChI=1S/C12H16N2O2.ClH/c1-16-8-2-3-12-9(6-8)10(7-14-12)11(13)4-5-15;/h2-3,6-7,11,14-15H,4-5,13H2,1H3;1H/t11-;/m0./s1. The van der Waals surface area contributed by atoms with Gasteiger partial charge in [0.05, 0.1) is 7.11 Å². The first-order valence-electron chi connectivity index (χ1n) is 5.27. The van der Waals surface area contributed by atoms with Crippen molar-refractivity contribution in [2.45, 2.75) is 12.5 Å². The number of nitrogens with one attached hydrogen (secondary N) is 1. The van der Waals surface area contributed by atoms with Gasteiger partial charge in [0.25, 0.3) is 0 Å². The van der Waals surface area contributed by atoms with E-state index in [4.69, 9.17) is 15.6 Å². The number of H-pyrrole nitrogens is 1. The van der Waals surface area contributed by atoms with Crippen LogP contribution >= 0.6 is 12.4 Å². The lowest BCUT2D eigenvalue weighted by Gasteiger charge is -2.08. The number of fused-ring (bicyclic) bond motifs is 1. The third kappa shape index (κ3) is 2.72. The molecule has 0 unspecified atom stereocenters. The molecular weight excluding hydrogens is 240 g/mol. The number of benzene rings is 1. The van der Waals surface area contributed by atoms with Crippen LogP contribution < -0.4 is 10.5 Å². The van der Waals surface area contributed by atoms with E-state index >= 15 is 0 Å². The highest BCUT2D eigenvalue weighted by molar-refractivity contribution is 5.85. The maximum atomic E-state index is 8.89. The molecule has 0 fully saturated rings. The minimum absolute atomic E-state index is 0. The summed E-state index contributed by atoms with van der Waals surface area (Å²) >= 11 is 0. The van der Waals surface area contributed by atoms with Gasteiger partial charge in [-0.25, -0.2) is 0 Å². The summed E-state index contributed by atoms with van der Waals surface area (Å²) in [6.07, 6.45) is 2.45. The van der Waals surface area contributed by atoms with Crippen LogP contribution in [-0.4, -0.2) is 23.8 Å². The minimum Gasteiger partial charge on any atom is -0.497 e. The molecular formula is C12H17ClN2O2. The second kappa shape index (κ2) is 5.91. The summed E-state index contributed by atoms with van der Waals surface area (Å²) in [5, 5.41) is 9.95. The molecule has 0 saturated carbocycles. The zero-order chi connectivity index (χ0) is 11.5. The van der Waals surface area contributed by atoms with Gasteiger partial charge in [-0.15, -0.1) is 12.4 Å². The Balaban J connectivity index is 0.00000144. The molecule has 0 bridgehead atoms. The fourth-order valence-electron chi connectivity index (χ4n) is 1.85. The van der Waals surface area contributed by atoms with Crippen molar-refractivity contribution in [3.63, 3.8) is 0 Å². The number of hydrogen-bond acceptors (Lipinski definition) is 3. The first-order chi connectivity index (χ1) is 7.76. The smallest absolute Gasteiger partial charge is 0.119 e. The number of methoxy groups -OCH3 is 1. The molecule has 0 radical (unpaired) electrons. The third-order valence-corrected chi connectivity index (χ3v) is 2.76. The maximum Gasteiger partial charge on any atom is 0.119 e. The molecule has 0 saturated heterocycles. The normalized spacial score (nSPS) is 12.2. The van der Waals surface area contributed by atoms with Gasteiger partial charge in [-0.05, 0) is 30.2 Å². The number of rotatable bonds is 4. The number of nitrogens with two attached hydrogens (primary N) is 1. The molecule has 0 aliphatic rings. The summed E-state index contributed by atoms with van der Waals surface area (Å²) in [7, 11) is 1.64. The van der Waals surface area contributed by atoms with Gasteiger partial charge in [-0.2, -0.15) is 0 Å². The summed E-state index contributed by atoms with van der Waals surface area (Å²) in [4.78, 5) is 3.16. The highest BCUT2D eigenvalue weighted by Crippen LogP contribution is 2.27. The first-order valence-corrected chi connectivity index (χ1v) is 5.27. The van der Waals surface area contributed by atoms with E-state index < -0.39 is 0 Å². The molecule has 2 aromatic rings. The predicted octanol–water partition coefficient (Wildman–Crippen LogP) is 1.98. The van der Waals surface area contributed by atoms with E-state index in [2.05, 4.69) is 4.98 Å². The second-order valence-electron chi connectivity index (χ2n) is 3.77. The van der Waals surface area contributed by atoms with Gasteiger partial charge in [0.1, 0.15) is 5.75 Å². The number of aromatic nitrogens is 1. The van der Waals surface area contributed by atoms with Gasteiger partial charge in [0, 0.05) is 29.7 Å². The zero-order valence-electron chi connectivity index (χ0n) is 9.64. The quantitative estimate of drug-likeness (QED) is 0.783. The molecule has 1 aromatic carbocycles. The van der Waals surface area contributed by atoms with Crippen molar-refractivity contribution >= 4 is 23.3 Å². The van der Waals surface area contributed by atoms with Crippen molar-refractivity contribution in [2.24, 2.45) is 5.73 Å². The fourth-order valence-corrected chi connectivity index (χ4v) is 1.85. The summed E-state index contributed by atoms with van der Waals surface area (Å²) in [5.41, 5.74) is 8.04. The van der Waals surface area contributed by atoms with Crippen LogP contribution in [0.2, 0.25) is 0 Å². The van der Waals surface area contributed by atoms with Gasteiger partial charge >= 0.3 is 0 Å². The van der Waals surface area contributed by atoms with Gasteiger partial charge in [0.15, 0.2) is 0 Å². The number of halogens is 1. The molecule has 94 valence electrons. The third-order valence-electron chi connectivity index (χ3n) is 2.76. The van der Waals surface area contributed by atoms with Crippen molar-refractivity contribution in [1.29, 1.82) is 0 Å².